The van der Waals surface area contributed by atoms with Gasteiger partial charge >= 0.3 is 5.97 Å². The quantitative estimate of drug-likeness (QED) is 0.812. The molecule has 0 aromatic carbocycles. The number of halogens is 2. The van der Waals surface area contributed by atoms with E-state index in [0.717, 1.165) is 3.79 Å². The Morgan fingerprint density at radius 3 is 2.65 bits per heavy atom. The van der Waals surface area contributed by atoms with Gasteiger partial charge in [-0.1, -0.05) is 0 Å². The first kappa shape index (κ1) is 14.6. The Labute approximate surface area is 118 Å². The maximum absolute atomic E-state index is 11.8. The number of carbonyl (C=O) groups excluding carboxylic acids is 1. The molecule has 0 fully saturated rings. The third-order valence-electron chi connectivity index (χ3n) is 1.84. The summed E-state index contributed by atoms with van der Waals surface area (Å²) in [6, 6.07) is 0.563. The number of aliphatic carboxylic acids is 1. The van der Waals surface area contributed by atoms with Crippen LogP contribution in [0.25, 0.3) is 0 Å². The van der Waals surface area contributed by atoms with Gasteiger partial charge in [-0.25, -0.2) is 4.79 Å². The van der Waals surface area contributed by atoms with Crippen LogP contribution in [0.2, 0.25) is 0 Å². The molecule has 1 aromatic heterocycles. The minimum atomic E-state index is -1.13. The number of methoxy groups -OCH3 is 1. The standard InChI is InChI=1S/C9H9Br2NO4S/c1-16-3-5(9(14)15)12-8(13)4-2-6(10)17-7(4)11/h2,5H,3H2,1H3,(H,12,13)(H,14,15). The van der Waals surface area contributed by atoms with Crippen LogP contribution in [0, 0.1) is 0 Å². The van der Waals surface area contributed by atoms with Crippen LogP contribution in [0.15, 0.2) is 13.6 Å². The second-order valence-electron chi connectivity index (χ2n) is 3.06. The number of nitrogens with one attached hydrogen (secondary N) is 1. The van der Waals surface area contributed by atoms with Crippen LogP contribution in [0.5, 0.6) is 0 Å². The Balaban J connectivity index is 2.77. The van der Waals surface area contributed by atoms with E-state index in [4.69, 9.17) is 9.84 Å². The molecule has 1 atom stereocenters. The highest BCUT2D eigenvalue weighted by molar-refractivity contribution is 9.12. The third kappa shape index (κ3) is 4.06. The molecule has 8 heteroatoms. The fourth-order valence-electron chi connectivity index (χ4n) is 1.07. The molecule has 2 N–H and O–H groups in total. The van der Waals surface area contributed by atoms with Crippen molar-refractivity contribution in [3.8, 4) is 0 Å². The summed E-state index contributed by atoms with van der Waals surface area (Å²) in [4.78, 5) is 22.6. The number of hydrogen-bond donors (Lipinski definition) is 2. The molecule has 0 aliphatic rings. The lowest BCUT2D eigenvalue weighted by molar-refractivity contribution is -0.140. The lowest BCUT2D eigenvalue weighted by atomic mass is 10.2. The molecule has 0 saturated carbocycles. The molecule has 1 heterocycles. The van der Waals surface area contributed by atoms with Crippen molar-refractivity contribution in [2.24, 2.45) is 0 Å². The Bertz CT molecular complexity index is 435. The van der Waals surface area contributed by atoms with Gasteiger partial charge in [-0.2, -0.15) is 0 Å². The molecular weight excluding hydrogens is 378 g/mol. The zero-order chi connectivity index (χ0) is 13.0. The smallest absolute Gasteiger partial charge is 0.328 e. The van der Waals surface area contributed by atoms with E-state index >= 15 is 0 Å². The maximum Gasteiger partial charge on any atom is 0.328 e. The van der Waals surface area contributed by atoms with Crippen molar-refractivity contribution in [3.63, 3.8) is 0 Å². The van der Waals surface area contributed by atoms with Crippen molar-refractivity contribution in [2.45, 2.75) is 6.04 Å². The molecule has 0 aliphatic heterocycles. The highest BCUT2D eigenvalue weighted by Crippen LogP contribution is 2.31. The molecule has 1 amide bonds. The van der Waals surface area contributed by atoms with Gasteiger partial charge in [-0.05, 0) is 37.9 Å². The Morgan fingerprint density at radius 1 is 1.59 bits per heavy atom. The van der Waals surface area contributed by atoms with Crippen molar-refractivity contribution >= 4 is 55.1 Å². The second kappa shape index (κ2) is 6.48. The molecule has 1 unspecified atom stereocenters. The van der Waals surface area contributed by atoms with E-state index in [9.17, 15) is 9.59 Å². The largest absolute Gasteiger partial charge is 0.480 e. The molecule has 0 bridgehead atoms. The van der Waals surface area contributed by atoms with Gasteiger partial charge < -0.3 is 15.2 Å². The molecule has 0 spiro atoms. The second-order valence-corrected chi connectivity index (χ2v) is 6.81. The summed E-state index contributed by atoms with van der Waals surface area (Å²) in [6.45, 7) is -0.0794. The van der Waals surface area contributed by atoms with Crippen LogP contribution < -0.4 is 5.32 Å². The van der Waals surface area contributed by atoms with Crippen LogP contribution in [-0.2, 0) is 9.53 Å². The summed E-state index contributed by atoms with van der Waals surface area (Å²) >= 11 is 7.82. The Morgan fingerprint density at radius 2 is 2.24 bits per heavy atom. The number of hydrogen-bond acceptors (Lipinski definition) is 4. The maximum atomic E-state index is 11.8. The first-order chi connectivity index (χ1) is 7.95. The first-order valence-corrected chi connectivity index (χ1v) is 6.83. The summed E-state index contributed by atoms with van der Waals surface area (Å²) in [6.07, 6.45) is 0. The number of carbonyl (C=O) groups is 2. The van der Waals surface area contributed by atoms with E-state index < -0.39 is 17.9 Å². The predicted molar refractivity (Wildman–Crippen MR) is 70.5 cm³/mol. The van der Waals surface area contributed by atoms with Crippen LogP contribution in [0.3, 0.4) is 0 Å². The SMILES string of the molecule is COCC(NC(=O)c1cc(Br)sc1Br)C(=O)O. The molecule has 1 aromatic rings. The van der Waals surface area contributed by atoms with Crippen molar-refractivity contribution in [2.75, 3.05) is 13.7 Å². The molecule has 1 rings (SSSR count). The van der Waals surface area contributed by atoms with Crippen LogP contribution in [0.1, 0.15) is 10.4 Å². The van der Waals surface area contributed by atoms with E-state index in [2.05, 4.69) is 37.2 Å². The van der Waals surface area contributed by atoms with Gasteiger partial charge in [0.25, 0.3) is 5.91 Å². The highest BCUT2D eigenvalue weighted by atomic mass is 79.9. The average molecular weight is 387 g/mol. The minimum absolute atomic E-state index is 0.0794. The van der Waals surface area contributed by atoms with Crippen LogP contribution >= 0.6 is 43.2 Å². The van der Waals surface area contributed by atoms with Gasteiger partial charge in [0.05, 0.1) is 19.7 Å². The number of amides is 1. The summed E-state index contributed by atoms with van der Waals surface area (Å²) < 4.78 is 6.15. The van der Waals surface area contributed by atoms with Gasteiger partial charge in [0, 0.05) is 7.11 Å². The average Bonchev–Trinajstić information content (AvgIpc) is 2.57. The molecular formula is C9H9Br2NO4S. The van der Waals surface area contributed by atoms with E-state index in [1.165, 1.54) is 18.4 Å². The fraction of sp³-hybridized carbons (Fsp3) is 0.333. The van der Waals surface area contributed by atoms with Crippen LogP contribution in [-0.4, -0.2) is 36.7 Å². The normalized spacial score (nSPS) is 12.2. The fourth-order valence-corrected chi connectivity index (χ4v) is 3.87. The molecule has 17 heavy (non-hydrogen) atoms. The molecule has 0 saturated heterocycles. The Hall–Kier alpha value is -0.440. The lowest BCUT2D eigenvalue weighted by Gasteiger charge is -2.12. The molecule has 5 nitrogen and oxygen atoms in total. The number of thiophene rings is 1. The molecule has 94 valence electrons. The number of carboxylic acid groups (broad SMARTS) is 1. The topological polar surface area (TPSA) is 75.6 Å². The molecule has 0 radical (unpaired) electrons. The van der Waals surface area contributed by atoms with Crippen molar-refractivity contribution in [1.82, 2.24) is 5.32 Å². The molecule has 0 aliphatic carbocycles. The summed E-state index contributed by atoms with van der Waals surface area (Å²) in [5.41, 5.74) is 0.393. The summed E-state index contributed by atoms with van der Waals surface area (Å²) in [5.74, 6) is -1.59. The first-order valence-electron chi connectivity index (χ1n) is 4.43. The number of carboxylic acids is 1. The monoisotopic (exact) mass is 385 g/mol. The van der Waals surface area contributed by atoms with Crippen LogP contribution in [0.4, 0.5) is 0 Å². The van der Waals surface area contributed by atoms with E-state index in [1.54, 1.807) is 6.07 Å². The van der Waals surface area contributed by atoms with Crippen molar-refractivity contribution < 1.29 is 19.4 Å². The third-order valence-corrected chi connectivity index (χ3v) is 4.18. The lowest BCUT2D eigenvalue weighted by Crippen LogP contribution is -2.43. The van der Waals surface area contributed by atoms with Crippen molar-refractivity contribution in [3.05, 3.63) is 19.2 Å². The zero-order valence-electron chi connectivity index (χ0n) is 8.70. The predicted octanol–water partition coefficient (Wildman–Crippen LogP) is 2.10. The summed E-state index contributed by atoms with van der Waals surface area (Å²) in [7, 11) is 1.37. The highest BCUT2D eigenvalue weighted by Gasteiger charge is 2.22. The number of rotatable bonds is 5. The van der Waals surface area contributed by atoms with Gasteiger partial charge in [0.1, 0.15) is 0 Å². The summed E-state index contributed by atoms with van der Waals surface area (Å²) in [5, 5.41) is 11.2. The van der Waals surface area contributed by atoms with E-state index in [0.29, 0.717) is 9.35 Å². The van der Waals surface area contributed by atoms with Gasteiger partial charge in [-0.3, -0.25) is 4.79 Å². The van der Waals surface area contributed by atoms with Gasteiger partial charge in [0.2, 0.25) is 0 Å². The van der Waals surface area contributed by atoms with E-state index in [-0.39, 0.29) is 6.61 Å². The van der Waals surface area contributed by atoms with Gasteiger partial charge in [-0.15, -0.1) is 11.3 Å². The Kier molecular flexibility index (Phi) is 5.57. The van der Waals surface area contributed by atoms with Gasteiger partial charge in [0.15, 0.2) is 6.04 Å². The zero-order valence-corrected chi connectivity index (χ0v) is 12.7. The number of ether oxygens (including phenoxy) is 1. The van der Waals surface area contributed by atoms with E-state index in [1.807, 2.05) is 0 Å². The minimum Gasteiger partial charge on any atom is -0.480 e. The van der Waals surface area contributed by atoms with Crippen molar-refractivity contribution in [1.29, 1.82) is 0 Å².